The summed E-state index contributed by atoms with van der Waals surface area (Å²) >= 11 is 0. The number of hydrogen-bond donors (Lipinski definition) is 2. The molecule has 0 aliphatic heterocycles. The molecule has 0 aliphatic carbocycles. The van der Waals surface area contributed by atoms with E-state index in [-0.39, 0.29) is 18.4 Å². The molecule has 128 valence electrons. The fourth-order valence-electron chi connectivity index (χ4n) is 1.47. The van der Waals surface area contributed by atoms with Crippen molar-refractivity contribution in [2.75, 3.05) is 39.5 Å². The van der Waals surface area contributed by atoms with E-state index in [1.54, 1.807) is 0 Å². The Labute approximate surface area is 132 Å². The van der Waals surface area contributed by atoms with Gasteiger partial charge in [-0.15, -0.1) is 0 Å². The summed E-state index contributed by atoms with van der Waals surface area (Å²) in [4.78, 5) is 32.9. The molecular formula is C15H28N2O5. The van der Waals surface area contributed by atoms with Crippen LogP contribution in [-0.2, 0) is 23.9 Å². The van der Waals surface area contributed by atoms with Gasteiger partial charge in [0, 0.05) is 19.4 Å². The Morgan fingerprint density at radius 1 is 1.00 bits per heavy atom. The molecule has 0 saturated heterocycles. The Balaban J connectivity index is 3.35. The number of aldehydes is 1. The molecule has 7 nitrogen and oxygen atoms in total. The van der Waals surface area contributed by atoms with Crippen LogP contribution in [0.15, 0.2) is 0 Å². The molecule has 0 radical (unpaired) electrons. The maximum Gasteiger partial charge on any atom is 0.239 e. The monoisotopic (exact) mass is 316 g/mol. The Bertz CT molecular complexity index is 321. The molecule has 7 heteroatoms. The van der Waals surface area contributed by atoms with Crippen LogP contribution in [0.2, 0.25) is 0 Å². The average molecular weight is 316 g/mol. The van der Waals surface area contributed by atoms with Crippen molar-refractivity contribution in [2.45, 2.75) is 33.1 Å². The number of carbonyl (C=O) groups excluding carboxylic acids is 3. The summed E-state index contributed by atoms with van der Waals surface area (Å²) in [6, 6.07) is 0. The molecule has 0 unspecified atom stereocenters. The Morgan fingerprint density at radius 2 is 1.68 bits per heavy atom. The number of amides is 2. The first-order chi connectivity index (χ1) is 10.6. The van der Waals surface area contributed by atoms with Crippen LogP contribution in [0.4, 0.5) is 0 Å². The molecule has 0 aliphatic rings. The van der Waals surface area contributed by atoms with Gasteiger partial charge < -0.3 is 24.9 Å². The van der Waals surface area contributed by atoms with Crippen molar-refractivity contribution in [3.8, 4) is 0 Å². The number of hydrogen-bond acceptors (Lipinski definition) is 5. The van der Waals surface area contributed by atoms with Crippen molar-refractivity contribution in [2.24, 2.45) is 5.92 Å². The van der Waals surface area contributed by atoms with Gasteiger partial charge in [0.15, 0.2) is 0 Å². The third-order valence-corrected chi connectivity index (χ3v) is 2.72. The van der Waals surface area contributed by atoms with E-state index in [2.05, 4.69) is 10.6 Å². The second-order valence-corrected chi connectivity index (χ2v) is 5.24. The van der Waals surface area contributed by atoms with Crippen molar-refractivity contribution in [1.82, 2.24) is 10.6 Å². The SMILES string of the molecule is CC(C)CCC(=O)NCC(=O)NCCOCCOCCC=O. The third kappa shape index (κ3) is 14.9. The number of rotatable bonds is 14. The number of carbonyl (C=O) groups is 3. The van der Waals surface area contributed by atoms with Crippen LogP contribution in [-0.4, -0.2) is 57.6 Å². The Kier molecular flexibility index (Phi) is 13.5. The van der Waals surface area contributed by atoms with Gasteiger partial charge in [-0.25, -0.2) is 0 Å². The molecule has 0 heterocycles. The molecule has 22 heavy (non-hydrogen) atoms. The first-order valence-corrected chi connectivity index (χ1v) is 7.68. The number of nitrogens with one attached hydrogen (secondary N) is 2. The van der Waals surface area contributed by atoms with E-state index in [0.29, 0.717) is 51.7 Å². The second kappa shape index (κ2) is 14.5. The lowest BCUT2D eigenvalue weighted by molar-refractivity contribution is -0.126. The highest BCUT2D eigenvalue weighted by molar-refractivity contribution is 5.84. The highest BCUT2D eigenvalue weighted by atomic mass is 16.5. The molecule has 0 atom stereocenters. The predicted molar refractivity (Wildman–Crippen MR) is 82.4 cm³/mol. The minimum Gasteiger partial charge on any atom is -0.379 e. The van der Waals surface area contributed by atoms with Gasteiger partial charge >= 0.3 is 0 Å². The van der Waals surface area contributed by atoms with E-state index < -0.39 is 0 Å². The van der Waals surface area contributed by atoms with Crippen LogP contribution in [0, 0.1) is 5.92 Å². The third-order valence-electron chi connectivity index (χ3n) is 2.72. The van der Waals surface area contributed by atoms with E-state index in [4.69, 9.17) is 9.47 Å². The molecule has 0 aromatic rings. The minimum absolute atomic E-state index is 0.00820. The molecule has 0 aromatic heterocycles. The van der Waals surface area contributed by atoms with Crippen LogP contribution in [0.3, 0.4) is 0 Å². The zero-order valence-corrected chi connectivity index (χ0v) is 13.6. The molecule has 0 fully saturated rings. The van der Waals surface area contributed by atoms with Crippen molar-refractivity contribution in [3.05, 3.63) is 0 Å². The normalized spacial score (nSPS) is 10.5. The average Bonchev–Trinajstić information content (AvgIpc) is 2.49. The summed E-state index contributed by atoms with van der Waals surface area (Å²) in [5.74, 6) is 0.135. The van der Waals surface area contributed by atoms with Crippen molar-refractivity contribution in [1.29, 1.82) is 0 Å². The topological polar surface area (TPSA) is 93.7 Å². The summed E-state index contributed by atoms with van der Waals surface area (Å²) < 4.78 is 10.4. The van der Waals surface area contributed by atoms with Crippen LogP contribution in [0.5, 0.6) is 0 Å². The zero-order valence-electron chi connectivity index (χ0n) is 13.6. The van der Waals surface area contributed by atoms with Crippen LogP contribution < -0.4 is 10.6 Å². The van der Waals surface area contributed by atoms with Gasteiger partial charge in [0.2, 0.25) is 11.8 Å². The summed E-state index contributed by atoms with van der Waals surface area (Å²) in [6.07, 6.45) is 2.45. The molecule has 0 saturated carbocycles. The van der Waals surface area contributed by atoms with Gasteiger partial charge in [-0.05, 0) is 12.3 Å². The van der Waals surface area contributed by atoms with E-state index in [1.807, 2.05) is 13.8 Å². The van der Waals surface area contributed by atoms with Gasteiger partial charge in [-0.2, -0.15) is 0 Å². The zero-order chi connectivity index (χ0) is 16.6. The van der Waals surface area contributed by atoms with Crippen LogP contribution in [0.1, 0.15) is 33.1 Å². The fourth-order valence-corrected chi connectivity index (χ4v) is 1.47. The molecule has 2 amide bonds. The highest BCUT2D eigenvalue weighted by Crippen LogP contribution is 2.02. The molecule has 0 spiro atoms. The largest absolute Gasteiger partial charge is 0.379 e. The molecule has 2 N–H and O–H groups in total. The van der Waals surface area contributed by atoms with E-state index >= 15 is 0 Å². The lowest BCUT2D eigenvalue weighted by Gasteiger charge is -2.08. The van der Waals surface area contributed by atoms with Gasteiger partial charge in [0.25, 0.3) is 0 Å². The van der Waals surface area contributed by atoms with E-state index in [9.17, 15) is 14.4 Å². The summed E-state index contributed by atoms with van der Waals surface area (Å²) in [6.45, 7) is 6.10. The summed E-state index contributed by atoms with van der Waals surface area (Å²) in [5, 5.41) is 5.23. The maximum absolute atomic E-state index is 11.5. The summed E-state index contributed by atoms with van der Waals surface area (Å²) in [7, 11) is 0. The maximum atomic E-state index is 11.5. The Hall–Kier alpha value is -1.47. The lowest BCUT2D eigenvalue weighted by atomic mass is 10.1. The van der Waals surface area contributed by atoms with Gasteiger partial charge in [-0.3, -0.25) is 9.59 Å². The lowest BCUT2D eigenvalue weighted by Crippen LogP contribution is -2.38. The standard InChI is InChI=1S/C15H28N2O5/c1-13(2)4-5-14(19)17-12-15(20)16-6-9-22-11-10-21-8-3-7-18/h7,13H,3-6,8-12H2,1-2H3,(H,16,20)(H,17,19). The quantitative estimate of drug-likeness (QED) is 0.354. The fraction of sp³-hybridized carbons (Fsp3) is 0.800. The van der Waals surface area contributed by atoms with Crippen molar-refractivity contribution < 1.29 is 23.9 Å². The smallest absolute Gasteiger partial charge is 0.239 e. The summed E-state index contributed by atoms with van der Waals surface area (Å²) in [5.41, 5.74) is 0. The highest BCUT2D eigenvalue weighted by Gasteiger charge is 2.06. The molecular weight excluding hydrogens is 288 g/mol. The first-order valence-electron chi connectivity index (χ1n) is 7.68. The predicted octanol–water partition coefficient (Wildman–Crippen LogP) is 0.277. The second-order valence-electron chi connectivity index (χ2n) is 5.24. The van der Waals surface area contributed by atoms with Gasteiger partial charge in [-0.1, -0.05) is 13.8 Å². The molecule has 0 rings (SSSR count). The first kappa shape index (κ1) is 20.5. The van der Waals surface area contributed by atoms with Crippen molar-refractivity contribution >= 4 is 18.1 Å². The van der Waals surface area contributed by atoms with E-state index in [0.717, 1.165) is 12.7 Å². The number of ether oxygens (including phenoxy) is 2. The van der Waals surface area contributed by atoms with Gasteiger partial charge in [0.05, 0.1) is 33.0 Å². The van der Waals surface area contributed by atoms with Gasteiger partial charge in [0.1, 0.15) is 6.29 Å². The Morgan fingerprint density at radius 3 is 2.32 bits per heavy atom. The minimum atomic E-state index is -0.233. The van der Waals surface area contributed by atoms with E-state index in [1.165, 1.54) is 0 Å². The van der Waals surface area contributed by atoms with Crippen LogP contribution in [0.25, 0.3) is 0 Å². The van der Waals surface area contributed by atoms with Crippen LogP contribution >= 0.6 is 0 Å². The molecule has 0 bridgehead atoms. The van der Waals surface area contributed by atoms with Crippen molar-refractivity contribution in [3.63, 3.8) is 0 Å². The molecule has 0 aromatic carbocycles.